The topological polar surface area (TPSA) is 85.5 Å². The molecule has 2 aromatic carbocycles. The Balaban J connectivity index is 1.75. The van der Waals surface area contributed by atoms with Crippen molar-refractivity contribution >= 4 is 17.6 Å². The van der Waals surface area contributed by atoms with Gasteiger partial charge in [-0.15, -0.1) is 10.2 Å². The Kier molecular flexibility index (Phi) is 4.48. The molecule has 0 bridgehead atoms. The zero-order valence-electron chi connectivity index (χ0n) is 12.6. The molecule has 0 radical (unpaired) electrons. The van der Waals surface area contributed by atoms with Crippen molar-refractivity contribution in [1.29, 1.82) is 0 Å². The highest BCUT2D eigenvalue weighted by atomic mass is 35.5. The molecule has 0 aliphatic rings. The lowest BCUT2D eigenvalue weighted by Crippen LogP contribution is -2.09. The van der Waals surface area contributed by atoms with Crippen LogP contribution < -0.4 is 0 Å². The van der Waals surface area contributed by atoms with E-state index < -0.39 is 12.1 Å². The average molecular weight is 345 g/mol. The highest BCUT2D eigenvalue weighted by Gasteiger charge is 2.21. The maximum absolute atomic E-state index is 12.1. The number of aromatic hydroxyl groups is 1. The first kappa shape index (κ1) is 16.0. The Hall–Kier alpha value is -2.86. The largest absolute Gasteiger partial charge is 0.507 e. The molecule has 1 N–H and O–H groups in total. The lowest BCUT2D eigenvalue weighted by atomic mass is 10.2. The molecular formula is C17H13ClN2O4. The summed E-state index contributed by atoms with van der Waals surface area (Å²) in [4.78, 5) is 12.1. The zero-order chi connectivity index (χ0) is 17.1. The second kappa shape index (κ2) is 6.72. The smallest absolute Gasteiger partial charge is 0.342 e. The molecule has 0 aliphatic heterocycles. The van der Waals surface area contributed by atoms with Gasteiger partial charge >= 0.3 is 5.97 Å². The molecule has 24 heavy (non-hydrogen) atoms. The van der Waals surface area contributed by atoms with Gasteiger partial charge in [-0.25, -0.2) is 4.79 Å². The van der Waals surface area contributed by atoms with Gasteiger partial charge in [-0.1, -0.05) is 29.8 Å². The van der Waals surface area contributed by atoms with E-state index in [2.05, 4.69) is 10.2 Å². The molecule has 3 aromatic rings. The van der Waals surface area contributed by atoms with Crippen LogP contribution in [-0.4, -0.2) is 21.3 Å². The van der Waals surface area contributed by atoms with E-state index in [4.69, 9.17) is 20.8 Å². The predicted molar refractivity (Wildman–Crippen MR) is 86.7 cm³/mol. The number of carbonyl (C=O) groups is 1. The molecule has 7 heteroatoms. The molecule has 1 heterocycles. The number of carbonyl (C=O) groups excluding carboxylic acids is 1. The van der Waals surface area contributed by atoms with Gasteiger partial charge in [0.05, 0.1) is 0 Å². The van der Waals surface area contributed by atoms with E-state index in [1.54, 1.807) is 6.92 Å². The van der Waals surface area contributed by atoms with Crippen LogP contribution in [0.15, 0.2) is 52.9 Å². The summed E-state index contributed by atoms with van der Waals surface area (Å²) in [5.74, 6) is -0.461. The van der Waals surface area contributed by atoms with Crippen molar-refractivity contribution < 1.29 is 19.1 Å². The Morgan fingerprint density at radius 1 is 1.21 bits per heavy atom. The lowest BCUT2D eigenvalue weighted by Gasteiger charge is -2.10. The van der Waals surface area contributed by atoms with Gasteiger partial charge < -0.3 is 14.3 Å². The van der Waals surface area contributed by atoms with Crippen molar-refractivity contribution in [3.8, 4) is 17.2 Å². The van der Waals surface area contributed by atoms with Crippen LogP contribution in [0.5, 0.6) is 5.75 Å². The molecule has 0 saturated carbocycles. The van der Waals surface area contributed by atoms with Crippen LogP contribution in [0.25, 0.3) is 11.5 Å². The van der Waals surface area contributed by atoms with Crippen molar-refractivity contribution in [3.63, 3.8) is 0 Å². The summed E-state index contributed by atoms with van der Waals surface area (Å²) in [7, 11) is 0. The standard InChI is InChI=1S/C17H13ClN2O4/c1-10(23-17(22)13-9-12(18)7-8-14(13)21)15-19-20-16(24-15)11-5-3-2-4-6-11/h2-10,21H,1H3/t10-/m0/s1. The molecule has 1 aromatic heterocycles. The van der Waals surface area contributed by atoms with E-state index >= 15 is 0 Å². The average Bonchev–Trinajstić information content (AvgIpc) is 3.08. The number of phenolic OH excluding ortho intramolecular Hbond substituents is 1. The molecule has 0 fully saturated rings. The second-order valence-corrected chi connectivity index (χ2v) is 5.46. The van der Waals surface area contributed by atoms with Crippen molar-refractivity contribution in [2.75, 3.05) is 0 Å². The fourth-order valence-corrected chi connectivity index (χ4v) is 2.21. The minimum absolute atomic E-state index is 0.0304. The van der Waals surface area contributed by atoms with Crippen LogP contribution >= 0.6 is 11.6 Å². The summed E-state index contributed by atoms with van der Waals surface area (Å²) in [6, 6.07) is 13.4. The van der Waals surface area contributed by atoms with E-state index in [1.165, 1.54) is 18.2 Å². The van der Waals surface area contributed by atoms with Gasteiger partial charge in [-0.05, 0) is 37.3 Å². The third-order valence-corrected chi connectivity index (χ3v) is 3.51. The number of esters is 1. The summed E-state index contributed by atoms with van der Waals surface area (Å²) in [5.41, 5.74) is 0.736. The summed E-state index contributed by atoms with van der Waals surface area (Å²) in [6.07, 6.45) is -0.777. The number of halogens is 1. The van der Waals surface area contributed by atoms with Crippen molar-refractivity contribution in [2.24, 2.45) is 0 Å². The Labute approximate surface area is 142 Å². The van der Waals surface area contributed by atoms with Gasteiger partial charge in [0.1, 0.15) is 11.3 Å². The van der Waals surface area contributed by atoms with E-state index in [9.17, 15) is 9.90 Å². The van der Waals surface area contributed by atoms with Gasteiger partial charge in [0.15, 0.2) is 6.10 Å². The first-order valence-electron chi connectivity index (χ1n) is 7.13. The minimum Gasteiger partial charge on any atom is -0.507 e. The number of hydrogen-bond donors (Lipinski definition) is 1. The summed E-state index contributed by atoms with van der Waals surface area (Å²) in [5, 5.41) is 17.9. The molecule has 0 saturated heterocycles. The third-order valence-electron chi connectivity index (χ3n) is 3.27. The van der Waals surface area contributed by atoms with Gasteiger partial charge in [0.2, 0.25) is 5.89 Å². The molecule has 122 valence electrons. The van der Waals surface area contributed by atoms with Gasteiger partial charge in [-0.3, -0.25) is 0 Å². The van der Waals surface area contributed by atoms with E-state index in [0.717, 1.165) is 5.56 Å². The molecule has 0 unspecified atom stereocenters. The van der Waals surface area contributed by atoms with Gasteiger partial charge in [0.25, 0.3) is 5.89 Å². The highest BCUT2D eigenvalue weighted by molar-refractivity contribution is 6.31. The maximum atomic E-state index is 12.1. The number of hydrogen-bond acceptors (Lipinski definition) is 6. The minimum atomic E-state index is -0.777. The monoisotopic (exact) mass is 344 g/mol. The molecule has 0 spiro atoms. The van der Waals surface area contributed by atoms with Crippen LogP contribution in [0, 0.1) is 0 Å². The van der Waals surface area contributed by atoms with Crippen LogP contribution in [-0.2, 0) is 4.74 Å². The molecule has 0 aliphatic carbocycles. The van der Waals surface area contributed by atoms with Gasteiger partial charge in [-0.2, -0.15) is 0 Å². The number of ether oxygens (including phenoxy) is 1. The summed E-state index contributed by atoms with van der Waals surface area (Å²) >= 11 is 5.83. The zero-order valence-corrected chi connectivity index (χ0v) is 13.4. The van der Waals surface area contributed by atoms with E-state index in [1.807, 2.05) is 30.3 Å². The Morgan fingerprint density at radius 3 is 2.71 bits per heavy atom. The lowest BCUT2D eigenvalue weighted by molar-refractivity contribution is 0.0277. The third kappa shape index (κ3) is 3.38. The van der Waals surface area contributed by atoms with Crippen LogP contribution in [0.3, 0.4) is 0 Å². The van der Waals surface area contributed by atoms with Crippen LogP contribution in [0.1, 0.15) is 29.3 Å². The summed E-state index contributed by atoms with van der Waals surface area (Å²) in [6.45, 7) is 1.60. The fraction of sp³-hybridized carbons (Fsp3) is 0.118. The first-order chi connectivity index (χ1) is 11.5. The molecule has 1 atom stereocenters. The maximum Gasteiger partial charge on any atom is 0.342 e. The Bertz CT molecular complexity index is 864. The first-order valence-corrected chi connectivity index (χ1v) is 7.50. The number of rotatable bonds is 4. The van der Waals surface area contributed by atoms with Crippen LogP contribution in [0.2, 0.25) is 5.02 Å². The van der Waals surface area contributed by atoms with E-state index in [0.29, 0.717) is 10.9 Å². The number of phenols is 1. The number of aromatic nitrogens is 2. The second-order valence-electron chi connectivity index (χ2n) is 5.02. The van der Waals surface area contributed by atoms with Crippen molar-refractivity contribution in [3.05, 3.63) is 65.0 Å². The molecule has 3 rings (SSSR count). The summed E-state index contributed by atoms with van der Waals surface area (Å²) < 4.78 is 10.8. The predicted octanol–water partition coefficient (Wildman–Crippen LogP) is 4.01. The Morgan fingerprint density at radius 2 is 1.96 bits per heavy atom. The number of nitrogens with zero attached hydrogens (tertiary/aromatic N) is 2. The molecule has 0 amide bonds. The normalized spacial score (nSPS) is 11.9. The SMILES string of the molecule is C[C@H](OC(=O)c1cc(Cl)ccc1O)c1nnc(-c2ccccc2)o1. The van der Waals surface area contributed by atoms with Gasteiger partial charge in [0, 0.05) is 10.6 Å². The van der Waals surface area contributed by atoms with Crippen molar-refractivity contribution in [2.45, 2.75) is 13.0 Å². The number of benzene rings is 2. The molecular weight excluding hydrogens is 332 g/mol. The van der Waals surface area contributed by atoms with E-state index in [-0.39, 0.29) is 17.2 Å². The quantitative estimate of drug-likeness (QED) is 0.719. The van der Waals surface area contributed by atoms with Crippen LogP contribution in [0.4, 0.5) is 0 Å². The molecule has 6 nitrogen and oxygen atoms in total. The highest BCUT2D eigenvalue weighted by Crippen LogP contribution is 2.26. The fourth-order valence-electron chi connectivity index (χ4n) is 2.04. The van der Waals surface area contributed by atoms with Crippen molar-refractivity contribution in [1.82, 2.24) is 10.2 Å².